The summed E-state index contributed by atoms with van der Waals surface area (Å²) in [6.45, 7) is 12.6. The molecule has 0 unspecified atom stereocenters. The normalized spacial score (nSPS) is 12.0. The molecule has 6 heteroatoms. The highest BCUT2D eigenvalue weighted by Crippen LogP contribution is 2.29. The summed E-state index contributed by atoms with van der Waals surface area (Å²) in [6, 6.07) is 24.9. The Bertz CT molecular complexity index is 1490. The lowest BCUT2D eigenvalue weighted by Gasteiger charge is -2.28. The number of hydrogen-bond acceptors (Lipinski definition) is 4. The second kappa shape index (κ2) is 12.2. The summed E-state index contributed by atoms with van der Waals surface area (Å²) >= 11 is 0. The molecule has 3 aromatic carbocycles. The van der Waals surface area contributed by atoms with Crippen LogP contribution in [0, 0.1) is 12.3 Å². The highest BCUT2D eigenvalue weighted by atomic mass is 16.5. The zero-order valence-electron chi connectivity index (χ0n) is 24.2. The maximum absolute atomic E-state index is 13.9. The smallest absolute Gasteiger partial charge is 0.342 e. The van der Waals surface area contributed by atoms with E-state index < -0.39 is 5.97 Å². The number of aryl methyl sites for hydroxylation is 1. The number of benzene rings is 3. The fourth-order valence-corrected chi connectivity index (χ4v) is 4.49. The van der Waals surface area contributed by atoms with Gasteiger partial charge < -0.3 is 19.4 Å². The van der Waals surface area contributed by atoms with E-state index in [1.54, 1.807) is 35.4 Å². The van der Waals surface area contributed by atoms with Crippen LogP contribution in [-0.4, -0.2) is 34.4 Å². The summed E-state index contributed by atoms with van der Waals surface area (Å²) < 4.78 is 11.5. The molecule has 0 radical (unpaired) electrons. The van der Waals surface area contributed by atoms with Gasteiger partial charge in [0.2, 0.25) is 0 Å². The van der Waals surface area contributed by atoms with E-state index in [0.717, 1.165) is 22.0 Å². The van der Waals surface area contributed by atoms with E-state index in [1.807, 2.05) is 75.4 Å². The summed E-state index contributed by atoms with van der Waals surface area (Å²) in [6.07, 6.45) is 1.33. The predicted molar refractivity (Wildman–Crippen MR) is 160 cm³/mol. The van der Waals surface area contributed by atoms with Crippen LogP contribution in [0.1, 0.15) is 61.8 Å². The first-order valence-electron chi connectivity index (χ1n) is 13.6. The maximum Gasteiger partial charge on any atom is 0.342 e. The number of aromatic nitrogens is 1. The molecule has 0 aliphatic heterocycles. The van der Waals surface area contributed by atoms with Gasteiger partial charge in [-0.3, -0.25) is 4.79 Å². The van der Waals surface area contributed by atoms with Crippen molar-refractivity contribution in [3.63, 3.8) is 0 Å². The van der Waals surface area contributed by atoms with Crippen molar-refractivity contribution in [2.75, 3.05) is 6.54 Å². The predicted octanol–water partition coefficient (Wildman–Crippen LogP) is 7.54. The zero-order chi connectivity index (χ0) is 28.9. The van der Waals surface area contributed by atoms with Gasteiger partial charge in [-0.05, 0) is 67.6 Å². The summed E-state index contributed by atoms with van der Waals surface area (Å²) in [5, 5.41) is 1.01. The van der Waals surface area contributed by atoms with Crippen LogP contribution in [0.3, 0.4) is 0 Å². The number of carbonyl (C=O) groups excluding carboxylic acids is 2. The van der Waals surface area contributed by atoms with Gasteiger partial charge in [0.15, 0.2) is 0 Å². The minimum Gasteiger partial charge on any atom is -0.489 e. The average Bonchev–Trinajstić information content (AvgIpc) is 3.25. The monoisotopic (exact) mass is 538 g/mol. The van der Waals surface area contributed by atoms with Crippen molar-refractivity contribution in [1.29, 1.82) is 0 Å². The third kappa shape index (κ3) is 7.20. The van der Waals surface area contributed by atoms with Crippen molar-refractivity contribution in [3.05, 3.63) is 107 Å². The lowest BCUT2D eigenvalue weighted by atomic mass is 9.95. The molecule has 0 spiro atoms. The molecule has 1 heterocycles. The van der Waals surface area contributed by atoms with Crippen LogP contribution in [0.4, 0.5) is 0 Å². The van der Waals surface area contributed by atoms with E-state index >= 15 is 0 Å². The Labute approximate surface area is 236 Å². The fourth-order valence-electron chi connectivity index (χ4n) is 4.49. The fraction of sp³-hybridized carbons (Fsp3) is 0.294. The molecule has 0 atom stereocenters. The van der Waals surface area contributed by atoms with Gasteiger partial charge >= 0.3 is 5.97 Å². The first kappa shape index (κ1) is 28.7. The van der Waals surface area contributed by atoms with Crippen LogP contribution in [0.25, 0.3) is 16.5 Å². The third-order valence-corrected chi connectivity index (χ3v) is 6.34. The van der Waals surface area contributed by atoms with E-state index in [0.29, 0.717) is 35.7 Å². The van der Waals surface area contributed by atoms with Crippen LogP contribution in [0.15, 0.2) is 85.1 Å². The molecule has 4 aromatic rings. The Morgan fingerprint density at radius 2 is 1.57 bits per heavy atom. The number of nitrogens with zero attached hydrogens (tertiary/aromatic N) is 1. The lowest BCUT2D eigenvalue weighted by molar-refractivity contribution is -0.140. The van der Waals surface area contributed by atoms with E-state index in [-0.39, 0.29) is 17.4 Å². The van der Waals surface area contributed by atoms with Crippen molar-refractivity contribution in [1.82, 2.24) is 9.88 Å². The Morgan fingerprint density at radius 3 is 2.20 bits per heavy atom. The highest BCUT2D eigenvalue weighted by Gasteiger charge is 2.26. The molecular formula is C34H38N2O4. The second-order valence-electron chi connectivity index (χ2n) is 11.5. The molecule has 40 heavy (non-hydrogen) atoms. The number of carbonyl (C=O) groups is 2. The van der Waals surface area contributed by atoms with Crippen molar-refractivity contribution < 1.29 is 19.1 Å². The van der Waals surface area contributed by atoms with Gasteiger partial charge in [-0.25, -0.2) is 4.79 Å². The minimum absolute atomic E-state index is 0.215. The highest BCUT2D eigenvalue weighted by molar-refractivity contribution is 6.18. The molecule has 0 aliphatic rings. The largest absolute Gasteiger partial charge is 0.489 e. The van der Waals surface area contributed by atoms with Crippen molar-refractivity contribution >= 4 is 28.4 Å². The first-order chi connectivity index (χ1) is 19.0. The molecule has 0 bridgehead atoms. The molecule has 1 N–H and O–H groups in total. The summed E-state index contributed by atoms with van der Waals surface area (Å²) in [4.78, 5) is 32.3. The molecule has 4 rings (SSSR count). The molecule has 1 amide bonds. The molecule has 208 valence electrons. The van der Waals surface area contributed by atoms with Gasteiger partial charge in [0.05, 0.1) is 17.4 Å². The summed E-state index contributed by atoms with van der Waals surface area (Å²) in [5.41, 5.74) is 4.12. The summed E-state index contributed by atoms with van der Waals surface area (Å²) in [7, 11) is 0. The van der Waals surface area contributed by atoms with Crippen LogP contribution < -0.4 is 4.74 Å². The Kier molecular flexibility index (Phi) is 8.78. The SMILES string of the molecule is Cc1c(/C(=C\N(CC(C)(C)C)C(=O)c2ccc(OCc3ccccc3)cc2)C(=O)OC(C)C)[nH]c2ccccc12. The molecule has 0 saturated heterocycles. The third-order valence-electron chi connectivity index (χ3n) is 6.34. The maximum atomic E-state index is 13.9. The lowest BCUT2D eigenvalue weighted by Crippen LogP contribution is -2.34. The van der Waals surface area contributed by atoms with Crippen molar-refractivity contribution in [2.24, 2.45) is 5.41 Å². The summed E-state index contributed by atoms with van der Waals surface area (Å²) in [5.74, 6) is -0.0256. The second-order valence-corrected chi connectivity index (χ2v) is 11.5. The number of ether oxygens (including phenoxy) is 2. The van der Waals surface area contributed by atoms with Gasteiger partial charge in [-0.2, -0.15) is 0 Å². The van der Waals surface area contributed by atoms with Crippen LogP contribution >= 0.6 is 0 Å². The molecular weight excluding hydrogens is 500 g/mol. The van der Waals surface area contributed by atoms with E-state index in [9.17, 15) is 9.59 Å². The first-order valence-corrected chi connectivity index (χ1v) is 13.6. The molecule has 0 saturated carbocycles. The van der Waals surface area contributed by atoms with Crippen LogP contribution in [0.5, 0.6) is 5.75 Å². The van der Waals surface area contributed by atoms with Crippen LogP contribution in [-0.2, 0) is 16.1 Å². The molecule has 0 fully saturated rings. The average molecular weight is 539 g/mol. The number of fused-ring (bicyclic) bond motifs is 1. The topological polar surface area (TPSA) is 71.6 Å². The molecule has 1 aromatic heterocycles. The number of aromatic amines is 1. The van der Waals surface area contributed by atoms with Gasteiger partial charge in [0, 0.05) is 29.2 Å². The van der Waals surface area contributed by atoms with Crippen molar-refractivity contribution in [2.45, 2.75) is 54.3 Å². The minimum atomic E-state index is -0.485. The van der Waals surface area contributed by atoms with Gasteiger partial charge in [0.25, 0.3) is 5.91 Å². The van der Waals surface area contributed by atoms with Crippen LogP contribution in [0.2, 0.25) is 0 Å². The van der Waals surface area contributed by atoms with E-state index in [4.69, 9.17) is 9.47 Å². The van der Waals surface area contributed by atoms with Gasteiger partial charge in [-0.1, -0.05) is 69.3 Å². The van der Waals surface area contributed by atoms with Crippen molar-refractivity contribution in [3.8, 4) is 5.75 Å². The van der Waals surface area contributed by atoms with E-state index in [2.05, 4.69) is 25.8 Å². The molecule has 6 nitrogen and oxygen atoms in total. The zero-order valence-corrected chi connectivity index (χ0v) is 24.2. The Balaban J connectivity index is 1.68. The van der Waals surface area contributed by atoms with Gasteiger partial charge in [-0.15, -0.1) is 0 Å². The standard InChI is InChI=1S/C34H38N2O4/c1-23(2)40-33(38)29(31-24(3)28-14-10-11-15-30(28)35-31)20-36(22-34(4,5)6)32(37)26-16-18-27(19-17-26)39-21-25-12-8-7-9-13-25/h7-20,23,35H,21-22H2,1-6H3/b29-20+. The molecule has 0 aliphatic carbocycles. The number of amides is 1. The Hall–Kier alpha value is -4.32. The number of esters is 1. The number of hydrogen-bond donors (Lipinski definition) is 1. The number of nitrogens with one attached hydrogen (secondary N) is 1. The van der Waals surface area contributed by atoms with E-state index in [1.165, 1.54) is 0 Å². The number of para-hydroxylation sites is 1. The number of H-pyrrole nitrogens is 1. The number of rotatable bonds is 9. The van der Waals surface area contributed by atoms with Gasteiger partial charge in [0.1, 0.15) is 12.4 Å². The Morgan fingerprint density at radius 1 is 0.925 bits per heavy atom. The quantitative estimate of drug-likeness (QED) is 0.177.